The van der Waals surface area contributed by atoms with Gasteiger partial charge in [0.05, 0.1) is 31.0 Å². The summed E-state index contributed by atoms with van der Waals surface area (Å²) in [5.41, 5.74) is 1.28. The standard InChI is InChI=1S/C22H23FN2O5/c1-4-29-21(26)19-18(13-30-16-10-8-15(23)9-11-16)25(2)22(27)24-20(19)14-6-5-7-17(12-14)28-3/h5-12,20H,4,13H2,1-3H3,(H,24,27). The summed E-state index contributed by atoms with van der Waals surface area (Å²) in [5.74, 6) is 0.0494. The number of amides is 2. The normalized spacial score (nSPS) is 16.2. The van der Waals surface area contributed by atoms with E-state index < -0.39 is 18.0 Å². The van der Waals surface area contributed by atoms with Crippen molar-refractivity contribution in [1.29, 1.82) is 0 Å². The van der Waals surface area contributed by atoms with Gasteiger partial charge >= 0.3 is 12.0 Å². The molecule has 2 aromatic carbocycles. The zero-order valence-electron chi connectivity index (χ0n) is 17.0. The van der Waals surface area contributed by atoms with Crippen LogP contribution in [0.3, 0.4) is 0 Å². The Labute approximate surface area is 174 Å². The van der Waals surface area contributed by atoms with Gasteiger partial charge in [0.25, 0.3) is 0 Å². The molecule has 3 rings (SSSR count). The highest BCUT2D eigenvalue weighted by atomic mass is 19.1. The zero-order chi connectivity index (χ0) is 21.7. The maximum absolute atomic E-state index is 13.2. The van der Waals surface area contributed by atoms with Gasteiger partial charge in [-0.1, -0.05) is 12.1 Å². The van der Waals surface area contributed by atoms with E-state index in [2.05, 4.69) is 5.32 Å². The van der Waals surface area contributed by atoms with Crippen LogP contribution in [0, 0.1) is 5.82 Å². The second-order valence-electron chi connectivity index (χ2n) is 6.54. The number of carbonyl (C=O) groups is 2. The van der Waals surface area contributed by atoms with Crippen LogP contribution in [0.4, 0.5) is 9.18 Å². The number of carbonyl (C=O) groups excluding carboxylic acids is 2. The highest BCUT2D eigenvalue weighted by Crippen LogP contribution is 2.32. The van der Waals surface area contributed by atoms with Crippen LogP contribution in [-0.4, -0.2) is 44.3 Å². The van der Waals surface area contributed by atoms with E-state index in [1.165, 1.54) is 36.3 Å². The zero-order valence-corrected chi connectivity index (χ0v) is 17.0. The number of benzene rings is 2. The maximum Gasteiger partial charge on any atom is 0.338 e. The molecular weight excluding hydrogens is 391 g/mol. The molecular formula is C22H23FN2O5. The molecule has 8 heteroatoms. The predicted molar refractivity (Wildman–Crippen MR) is 108 cm³/mol. The van der Waals surface area contributed by atoms with Gasteiger partial charge in [0.15, 0.2) is 0 Å². The molecule has 158 valence electrons. The smallest absolute Gasteiger partial charge is 0.338 e. The molecule has 0 saturated carbocycles. The Morgan fingerprint density at radius 2 is 1.90 bits per heavy atom. The second-order valence-corrected chi connectivity index (χ2v) is 6.54. The minimum absolute atomic E-state index is 0.0792. The average Bonchev–Trinajstić information content (AvgIpc) is 2.75. The van der Waals surface area contributed by atoms with Crippen LogP contribution in [0.2, 0.25) is 0 Å². The number of esters is 1. The van der Waals surface area contributed by atoms with Crippen LogP contribution < -0.4 is 14.8 Å². The summed E-state index contributed by atoms with van der Waals surface area (Å²) in [5, 5.41) is 2.83. The summed E-state index contributed by atoms with van der Waals surface area (Å²) < 4.78 is 29.4. The largest absolute Gasteiger partial charge is 0.497 e. The van der Waals surface area contributed by atoms with Crippen LogP contribution >= 0.6 is 0 Å². The number of nitrogens with one attached hydrogen (secondary N) is 1. The van der Waals surface area contributed by atoms with E-state index in [9.17, 15) is 14.0 Å². The molecule has 1 atom stereocenters. The lowest BCUT2D eigenvalue weighted by Crippen LogP contribution is -2.48. The van der Waals surface area contributed by atoms with E-state index >= 15 is 0 Å². The van der Waals surface area contributed by atoms with Crippen molar-refractivity contribution in [3.63, 3.8) is 0 Å². The lowest BCUT2D eigenvalue weighted by molar-refractivity contribution is -0.139. The van der Waals surface area contributed by atoms with Gasteiger partial charge in [-0.3, -0.25) is 4.90 Å². The topological polar surface area (TPSA) is 77.1 Å². The lowest BCUT2D eigenvalue weighted by atomic mass is 9.94. The van der Waals surface area contributed by atoms with Crippen molar-refractivity contribution in [2.24, 2.45) is 0 Å². The summed E-state index contributed by atoms with van der Waals surface area (Å²) in [6.07, 6.45) is 0. The molecule has 7 nitrogen and oxygen atoms in total. The number of likely N-dealkylation sites (N-methyl/N-ethyl adjacent to an activating group) is 1. The van der Waals surface area contributed by atoms with Crippen molar-refractivity contribution >= 4 is 12.0 Å². The van der Waals surface area contributed by atoms with Gasteiger partial charge in [0, 0.05) is 7.05 Å². The Morgan fingerprint density at radius 1 is 1.17 bits per heavy atom. The van der Waals surface area contributed by atoms with Gasteiger partial charge in [-0.15, -0.1) is 0 Å². The number of rotatable bonds is 7. The van der Waals surface area contributed by atoms with Gasteiger partial charge in [-0.25, -0.2) is 14.0 Å². The Kier molecular flexibility index (Phi) is 6.56. The molecule has 2 amide bonds. The molecule has 30 heavy (non-hydrogen) atoms. The van der Waals surface area contributed by atoms with Crippen LogP contribution in [0.5, 0.6) is 11.5 Å². The number of hydrogen-bond acceptors (Lipinski definition) is 5. The van der Waals surface area contributed by atoms with Crippen molar-refractivity contribution in [3.05, 3.63) is 71.2 Å². The number of urea groups is 1. The highest BCUT2D eigenvalue weighted by molar-refractivity contribution is 5.95. The monoisotopic (exact) mass is 414 g/mol. The van der Waals surface area contributed by atoms with Gasteiger partial charge in [-0.05, 0) is 48.9 Å². The van der Waals surface area contributed by atoms with E-state index in [4.69, 9.17) is 14.2 Å². The molecule has 1 aliphatic rings. The van der Waals surface area contributed by atoms with Crippen molar-refractivity contribution in [2.75, 3.05) is 27.4 Å². The SMILES string of the molecule is CCOC(=O)C1=C(COc2ccc(F)cc2)N(C)C(=O)NC1c1cccc(OC)c1. The van der Waals surface area contributed by atoms with Crippen molar-refractivity contribution in [3.8, 4) is 11.5 Å². The van der Waals surface area contributed by atoms with Crippen LogP contribution in [0.15, 0.2) is 59.8 Å². The third-order valence-electron chi connectivity index (χ3n) is 4.69. The molecule has 1 unspecified atom stereocenters. The number of halogens is 1. The fraction of sp³-hybridized carbons (Fsp3) is 0.273. The number of ether oxygens (including phenoxy) is 3. The number of hydrogen-bond donors (Lipinski definition) is 1. The summed E-state index contributed by atoms with van der Waals surface area (Å²) in [6, 6.07) is 11.4. The molecule has 0 radical (unpaired) electrons. The lowest BCUT2D eigenvalue weighted by Gasteiger charge is -2.34. The first-order valence-electron chi connectivity index (χ1n) is 9.41. The Balaban J connectivity index is 2.03. The van der Waals surface area contributed by atoms with Gasteiger partial charge < -0.3 is 19.5 Å². The van der Waals surface area contributed by atoms with Crippen molar-refractivity contribution in [2.45, 2.75) is 13.0 Å². The molecule has 1 aliphatic heterocycles. The molecule has 1 heterocycles. The van der Waals surface area contributed by atoms with E-state index in [-0.39, 0.29) is 24.6 Å². The van der Waals surface area contributed by atoms with Crippen LogP contribution in [-0.2, 0) is 9.53 Å². The quantitative estimate of drug-likeness (QED) is 0.703. The second kappa shape index (κ2) is 9.30. The van der Waals surface area contributed by atoms with E-state index in [1.807, 2.05) is 0 Å². The molecule has 0 aliphatic carbocycles. The van der Waals surface area contributed by atoms with Crippen molar-refractivity contribution < 1.29 is 28.2 Å². The summed E-state index contributed by atoms with van der Waals surface area (Å²) in [6.45, 7) is 1.81. The van der Waals surface area contributed by atoms with E-state index in [1.54, 1.807) is 38.2 Å². The molecule has 1 N–H and O–H groups in total. The fourth-order valence-electron chi connectivity index (χ4n) is 3.14. The third kappa shape index (κ3) is 4.53. The first-order valence-corrected chi connectivity index (χ1v) is 9.41. The first-order chi connectivity index (χ1) is 14.4. The molecule has 0 bridgehead atoms. The minimum atomic E-state index is -0.741. The number of methoxy groups -OCH3 is 1. The molecule has 0 spiro atoms. The van der Waals surface area contributed by atoms with Crippen molar-refractivity contribution in [1.82, 2.24) is 10.2 Å². The Morgan fingerprint density at radius 3 is 2.57 bits per heavy atom. The van der Waals surface area contributed by atoms with Gasteiger partial charge in [0.2, 0.25) is 0 Å². The maximum atomic E-state index is 13.2. The molecule has 0 aromatic heterocycles. The minimum Gasteiger partial charge on any atom is -0.497 e. The van der Waals surface area contributed by atoms with Crippen LogP contribution in [0.1, 0.15) is 18.5 Å². The van der Waals surface area contributed by atoms with Gasteiger partial charge in [0.1, 0.15) is 23.9 Å². The summed E-state index contributed by atoms with van der Waals surface area (Å²) in [7, 11) is 3.08. The predicted octanol–water partition coefficient (Wildman–Crippen LogP) is 3.43. The highest BCUT2D eigenvalue weighted by Gasteiger charge is 2.37. The third-order valence-corrected chi connectivity index (χ3v) is 4.69. The Hall–Kier alpha value is -3.55. The summed E-state index contributed by atoms with van der Waals surface area (Å²) in [4.78, 5) is 26.8. The molecule has 0 fully saturated rings. The van der Waals surface area contributed by atoms with E-state index in [0.29, 0.717) is 22.8 Å². The number of nitrogens with zero attached hydrogens (tertiary/aromatic N) is 1. The Bertz CT molecular complexity index is 958. The van der Waals surface area contributed by atoms with E-state index in [0.717, 1.165) is 0 Å². The van der Waals surface area contributed by atoms with Gasteiger partial charge in [-0.2, -0.15) is 0 Å². The molecule has 2 aromatic rings. The first kappa shape index (κ1) is 21.2. The van der Waals surface area contributed by atoms with Crippen LogP contribution in [0.25, 0.3) is 0 Å². The summed E-state index contributed by atoms with van der Waals surface area (Å²) >= 11 is 0. The fourth-order valence-corrected chi connectivity index (χ4v) is 3.14. The average molecular weight is 414 g/mol. The molecule has 0 saturated heterocycles.